The third-order valence-corrected chi connectivity index (χ3v) is 3.48. The van der Waals surface area contributed by atoms with E-state index >= 15 is 0 Å². The summed E-state index contributed by atoms with van der Waals surface area (Å²) in [4.78, 5) is 17.2. The molecule has 3 heteroatoms. The third-order valence-electron chi connectivity index (χ3n) is 3.48. The van der Waals surface area contributed by atoms with Gasteiger partial charge in [-0.05, 0) is 29.7 Å². The van der Waals surface area contributed by atoms with Gasteiger partial charge < -0.3 is 4.98 Å². The second-order valence-electron chi connectivity index (χ2n) is 4.74. The first kappa shape index (κ1) is 11.2. The molecule has 1 N–H and O–H groups in total. The predicted molar refractivity (Wildman–Crippen MR) is 70.5 cm³/mol. The highest BCUT2D eigenvalue weighted by molar-refractivity contribution is 5.95. The molecule has 2 aromatic rings. The van der Waals surface area contributed by atoms with E-state index in [9.17, 15) is 4.79 Å². The summed E-state index contributed by atoms with van der Waals surface area (Å²) in [6.07, 6.45) is 2.83. The van der Waals surface area contributed by atoms with Crippen molar-refractivity contribution in [2.45, 2.75) is 13.0 Å². The van der Waals surface area contributed by atoms with Crippen molar-refractivity contribution >= 4 is 5.78 Å². The fourth-order valence-corrected chi connectivity index (χ4v) is 2.48. The molecule has 1 aliphatic rings. The van der Waals surface area contributed by atoms with Gasteiger partial charge in [0.1, 0.15) is 0 Å². The van der Waals surface area contributed by atoms with Crippen molar-refractivity contribution in [2.75, 3.05) is 13.1 Å². The number of carbonyl (C=O) groups is 1. The second-order valence-corrected chi connectivity index (χ2v) is 4.74. The molecule has 0 spiro atoms. The molecule has 0 saturated carbocycles. The van der Waals surface area contributed by atoms with E-state index in [2.05, 4.69) is 34.1 Å². The highest BCUT2D eigenvalue weighted by Gasteiger charge is 2.18. The molecule has 92 valence electrons. The molecule has 3 nitrogen and oxygen atoms in total. The first-order chi connectivity index (χ1) is 8.83. The molecule has 1 aromatic carbocycles. The maximum Gasteiger partial charge on any atom is 0.192 e. The van der Waals surface area contributed by atoms with Crippen molar-refractivity contribution in [3.63, 3.8) is 0 Å². The van der Waals surface area contributed by atoms with Gasteiger partial charge in [-0.3, -0.25) is 9.69 Å². The quantitative estimate of drug-likeness (QED) is 0.835. The van der Waals surface area contributed by atoms with Crippen LogP contribution < -0.4 is 0 Å². The van der Waals surface area contributed by atoms with E-state index in [0.717, 1.165) is 19.5 Å². The Bertz CT molecular complexity index is 545. The highest BCUT2D eigenvalue weighted by Crippen LogP contribution is 2.18. The lowest BCUT2D eigenvalue weighted by Crippen LogP contribution is -2.34. The van der Waals surface area contributed by atoms with Crippen LogP contribution in [0.3, 0.4) is 0 Å². The van der Waals surface area contributed by atoms with Gasteiger partial charge in [0.2, 0.25) is 0 Å². The lowest BCUT2D eigenvalue weighted by Gasteiger charge is -2.27. The molecule has 0 aliphatic carbocycles. The number of Topliss-reactive ketones (excluding diaryl/α,β-unsaturated/α-hetero) is 1. The minimum absolute atomic E-state index is 0.166. The maximum atomic E-state index is 12.0. The molecule has 0 radical (unpaired) electrons. The minimum Gasteiger partial charge on any atom is -0.359 e. The zero-order valence-corrected chi connectivity index (χ0v) is 10.2. The number of aromatic nitrogens is 1. The smallest absolute Gasteiger partial charge is 0.192 e. The Hall–Kier alpha value is -1.87. The van der Waals surface area contributed by atoms with E-state index < -0.39 is 0 Å². The fourth-order valence-electron chi connectivity index (χ4n) is 2.48. The number of hydrogen-bond acceptors (Lipinski definition) is 2. The van der Waals surface area contributed by atoms with E-state index in [1.54, 1.807) is 6.20 Å². The summed E-state index contributed by atoms with van der Waals surface area (Å²) in [5, 5.41) is 0. The van der Waals surface area contributed by atoms with Crippen LogP contribution in [0.25, 0.3) is 0 Å². The molecular formula is C15H16N2O. The fraction of sp³-hybridized carbons (Fsp3) is 0.267. The topological polar surface area (TPSA) is 36.1 Å². The Kier molecular flexibility index (Phi) is 2.99. The van der Waals surface area contributed by atoms with Gasteiger partial charge in [-0.25, -0.2) is 0 Å². The average Bonchev–Trinajstić information content (AvgIpc) is 2.92. The van der Waals surface area contributed by atoms with Crippen LogP contribution in [0.1, 0.15) is 21.6 Å². The highest BCUT2D eigenvalue weighted by atomic mass is 16.1. The van der Waals surface area contributed by atoms with Gasteiger partial charge in [-0.15, -0.1) is 0 Å². The zero-order valence-electron chi connectivity index (χ0n) is 10.2. The summed E-state index contributed by atoms with van der Waals surface area (Å²) in [5.41, 5.74) is 3.47. The second kappa shape index (κ2) is 4.78. The summed E-state index contributed by atoms with van der Waals surface area (Å²) in [6.45, 7) is 2.33. The Labute approximate surface area is 106 Å². The Morgan fingerprint density at radius 1 is 1.17 bits per heavy atom. The number of fused-ring (bicyclic) bond motifs is 1. The van der Waals surface area contributed by atoms with E-state index in [4.69, 9.17) is 0 Å². The Balaban J connectivity index is 1.68. The molecule has 2 heterocycles. The molecule has 1 aliphatic heterocycles. The van der Waals surface area contributed by atoms with Gasteiger partial charge in [-0.1, -0.05) is 24.3 Å². The number of nitrogens with one attached hydrogen (secondary N) is 1. The first-order valence-electron chi connectivity index (χ1n) is 6.28. The number of nitrogens with zero attached hydrogens (tertiary/aromatic N) is 1. The number of rotatable bonds is 3. The summed E-state index contributed by atoms with van der Waals surface area (Å²) < 4.78 is 0. The van der Waals surface area contributed by atoms with E-state index in [0.29, 0.717) is 12.2 Å². The Morgan fingerprint density at radius 3 is 2.78 bits per heavy atom. The minimum atomic E-state index is 0.166. The molecule has 0 saturated heterocycles. The molecule has 0 bridgehead atoms. The number of hydrogen-bond donors (Lipinski definition) is 1. The lowest BCUT2D eigenvalue weighted by molar-refractivity contribution is 0.0917. The zero-order chi connectivity index (χ0) is 12.4. The van der Waals surface area contributed by atoms with Crippen LogP contribution in [0.4, 0.5) is 0 Å². The van der Waals surface area contributed by atoms with Gasteiger partial charge in [0.25, 0.3) is 0 Å². The molecule has 0 unspecified atom stereocenters. The van der Waals surface area contributed by atoms with Crippen LogP contribution in [-0.2, 0) is 13.0 Å². The summed E-state index contributed by atoms with van der Waals surface area (Å²) in [7, 11) is 0. The third kappa shape index (κ3) is 2.22. The van der Waals surface area contributed by atoms with E-state index in [1.807, 2.05) is 12.1 Å². The largest absolute Gasteiger partial charge is 0.359 e. The molecule has 0 atom stereocenters. The van der Waals surface area contributed by atoms with Crippen molar-refractivity contribution in [3.05, 3.63) is 59.4 Å². The predicted octanol–water partition coefficient (Wildman–Crippen LogP) is 2.26. The van der Waals surface area contributed by atoms with Crippen LogP contribution in [0, 0.1) is 0 Å². The van der Waals surface area contributed by atoms with Gasteiger partial charge in [0.05, 0.1) is 12.2 Å². The van der Waals surface area contributed by atoms with Crippen molar-refractivity contribution < 1.29 is 4.79 Å². The van der Waals surface area contributed by atoms with E-state index in [1.165, 1.54) is 11.1 Å². The molecule has 0 fully saturated rings. The monoisotopic (exact) mass is 240 g/mol. The number of H-pyrrole nitrogens is 1. The van der Waals surface area contributed by atoms with Crippen molar-refractivity contribution in [2.24, 2.45) is 0 Å². The van der Waals surface area contributed by atoms with Crippen LogP contribution in [0.5, 0.6) is 0 Å². The standard InChI is InChI=1S/C15H16N2O/c18-15(14-6-3-8-16-14)11-17-9-7-12-4-1-2-5-13(12)10-17/h1-6,8,16H,7,9-11H2. The van der Waals surface area contributed by atoms with Crippen molar-refractivity contribution in [1.29, 1.82) is 0 Å². The van der Waals surface area contributed by atoms with Crippen LogP contribution in [0.15, 0.2) is 42.6 Å². The van der Waals surface area contributed by atoms with Crippen molar-refractivity contribution in [3.8, 4) is 0 Å². The van der Waals surface area contributed by atoms with Gasteiger partial charge in [0.15, 0.2) is 5.78 Å². The molecular weight excluding hydrogens is 224 g/mol. The molecule has 1 aromatic heterocycles. The number of aromatic amines is 1. The average molecular weight is 240 g/mol. The van der Waals surface area contributed by atoms with Crippen LogP contribution in [0.2, 0.25) is 0 Å². The number of carbonyl (C=O) groups excluding carboxylic acids is 1. The molecule has 3 rings (SSSR count). The number of benzene rings is 1. The Morgan fingerprint density at radius 2 is 2.00 bits per heavy atom. The van der Waals surface area contributed by atoms with Crippen molar-refractivity contribution in [1.82, 2.24) is 9.88 Å². The summed E-state index contributed by atoms with van der Waals surface area (Å²) in [6, 6.07) is 12.2. The van der Waals surface area contributed by atoms with Crippen LogP contribution >= 0.6 is 0 Å². The molecule has 18 heavy (non-hydrogen) atoms. The maximum absolute atomic E-state index is 12.0. The van der Waals surface area contributed by atoms with Gasteiger partial charge >= 0.3 is 0 Å². The summed E-state index contributed by atoms with van der Waals surface area (Å²) >= 11 is 0. The van der Waals surface area contributed by atoms with Crippen LogP contribution in [-0.4, -0.2) is 28.8 Å². The van der Waals surface area contributed by atoms with E-state index in [-0.39, 0.29) is 5.78 Å². The summed E-state index contributed by atoms with van der Waals surface area (Å²) in [5.74, 6) is 0.166. The number of ketones is 1. The SMILES string of the molecule is O=C(CN1CCc2ccccc2C1)c1ccc[nH]1. The molecule has 0 amide bonds. The van der Waals surface area contributed by atoms with Gasteiger partial charge in [0, 0.05) is 19.3 Å². The van der Waals surface area contributed by atoms with Gasteiger partial charge in [-0.2, -0.15) is 0 Å². The normalized spacial score (nSPS) is 15.3. The first-order valence-corrected chi connectivity index (χ1v) is 6.28. The lowest BCUT2D eigenvalue weighted by atomic mass is 10.00.